The number of hydrogen-bond acceptors (Lipinski definition) is 6. The Morgan fingerprint density at radius 3 is 2.50 bits per heavy atom. The van der Waals surface area contributed by atoms with Gasteiger partial charge in [-0.2, -0.15) is 0 Å². The molecule has 32 heavy (non-hydrogen) atoms. The molecule has 1 unspecified atom stereocenters. The van der Waals surface area contributed by atoms with Crippen LogP contribution in [0.3, 0.4) is 0 Å². The molecule has 1 atom stereocenters. The third kappa shape index (κ3) is 5.14. The minimum Gasteiger partial charge on any atom is -0.460 e. The minimum atomic E-state index is -0.985. The van der Waals surface area contributed by atoms with Crippen LogP contribution in [-0.4, -0.2) is 40.1 Å². The Kier molecular flexibility index (Phi) is 5.82. The molecule has 1 saturated heterocycles. The molecular weight excluding hydrogens is 408 g/mol. The Balaban J connectivity index is 1.36. The number of aliphatic hydroxyl groups is 1. The van der Waals surface area contributed by atoms with Gasteiger partial charge in [-0.25, -0.2) is 0 Å². The maximum Gasteiger partial charge on any atom is 0.309 e. The third-order valence-corrected chi connectivity index (χ3v) is 7.05. The first kappa shape index (κ1) is 22.8. The van der Waals surface area contributed by atoms with Gasteiger partial charge in [0.2, 0.25) is 11.8 Å². The topological polar surface area (TPSA) is 105 Å². The second-order valence-corrected chi connectivity index (χ2v) is 11.0. The molecule has 0 radical (unpaired) electrons. The highest BCUT2D eigenvalue weighted by molar-refractivity contribution is 6.01. The normalized spacial score (nSPS) is 30.1. The number of imide groups is 1. The summed E-state index contributed by atoms with van der Waals surface area (Å²) in [6, 6.07) is 5.86. The van der Waals surface area contributed by atoms with Crippen LogP contribution in [0.15, 0.2) is 18.2 Å². The number of carbonyl (C=O) groups excluding carboxylic acids is 3. The van der Waals surface area contributed by atoms with E-state index in [2.05, 4.69) is 22.8 Å². The number of nitrogens with one attached hydrogen (secondary N) is 2. The number of carbonyl (C=O) groups is 3. The van der Waals surface area contributed by atoms with Crippen LogP contribution in [-0.2, 0) is 32.0 Å². The maximum atomic E-state index is 12.2. The quantitative estimate of drug-likeness (QED) is 0.489. The van der Waals surface area contributed by atoms with Crippen molar-refractivity contribution in [2.75, 3.05) is 5.32 Å². The fourth-order valence-electron chi connectivity index (χ4n) is 5.38. The first-order valence-corrected chi connectivity index (χ1v) is 11.6. The second kappa shape index (κ2) is 8.18. The molecule has 1 aromatic rings. The Hall–Kier alpha value is -2.41. The molecule has 1 aromatic carbocycles. The molecule has 1 heterocycles. The SMILES string of the molecule is CC(C)(C)OC(=O)CC1(O)CCC2(CC1)Cc1ccc(NC3CCC(=O)NC3=O)cc1C2. The summed E-state index contributed by atoms with van der Waals surface area (Å²) in [6.07, 6.45) is 5.76. The summed E-state index contributed by atoms with van der Waals surface area (Å²) in [7, 11) is 0. The molecule has 7 nitrogen and oxygen atoms in total. The van der Waals surface area contributed by atoms with E-state index in [4.69, 9.17) is 4.74 Å². The summed E-state index contributed by atoms with van der Waals surface area (Å²) in [6.45, 7) is 5.51. The highest BCUT2D eigenvalue weighted by atomic mass is 16.6. The van der Waals surface area contributed by atoms with Gasteiger partial charge in [-0.3, -0.25) is 19.7 Å². The Morgan fingerprint density at radius 1 is 1.16 bits per heavy atom. The number of benzene rings is 1. The molecule has 3 aliphatic rings. The van der Waals surface area contributed by atoms with Crippen molar-refractivity contribution in [1.82, 2.24) is 5.32 Å². The second-order valence-electron chi connectivity index (χ2n) is 11.0. The first-order valence-electron chi connectivity index (χ1n) is 11.6. The Morgan fingerprint density at radius 2 is 1.84 bits per heavy atom. The molecule has 174 valence electrons. The van der Waals surface area contributed by atoms with Gasteiger partial charge < -0.3 is 15.2 Å². The van der Waals surface area contributed by atoms with Crippen molar-refractivity contribution in [3.8, 4) is 0 Å². The number of esters is 1. The van der Waals surface area contributed by atoms with E-state index in [1.54, 1.807) is 0 Å². The van der Waals surface area contributed by atoms with Gasteiger partial charge >= 0.3 is 5.97 Å². The summed E-state index contributed by atoms with van der Waals surface area (Å²) in [5.41, 5.74) is 2.08. The third-order valence-electron chi connectivity index (χ3n) is 7.05. The lowest BCUT2D eigenvalue weighted by Gasteiger charge is -2.42. The molecular formula is C25H34N2O5. The van der Waals surface area contributed by atoms with E-state index < -0.39 is 17.2 Å². The zero-order chi connectivity index (χ0) is 23.1. The van der Waals surface area contributed by atoms with E-state index in [9.17, 15) is 19.5 Å². The number of anilines is 1. The molecule has 7 heteroatoms. The summed E-state index contributed by atoms with van der Waals surface area (Å²) >= 11 is 0. The molecule has 1 aliphatic heterocycles. The molecule has 2 amide bonds. The van der Waals surface area contributed by atoms with Gasteiger partial charge in [0.15, 0.2) is 0 Å². The fourth-order valence-corrected chi connectivity index (χ4v) is 5.38. The van der Waals surface area contributed by atoms with Crippen LogP contribution in [0.5, 0.6) is 0 Å². The summed E-state index contributed by atoms with van der Waals surface area (Å²) in [5, 5.41) is 16.7. The van der Waals surface area contributed by atoms with Gasteiger partial charge in [-0.1, -0.05) is 6.07 Å². The van der Waals surface area contributed by atoms with Gasteiger partial charge in [-0.05, 0) is 94.4 Å². The van der Waals surface area contributed by atoms with E-state index in [1.807, 2.05) is 26.8 Å². The number of piperidine rings is 1. The first-order chi connectivity index (χ1) is 14.9. The van der Waals surface area contributed by atoms with Gasteiger partial charge in [0, 0.05) is 12.1 Å². The average molecular weight is 443 g/mol. The van der Waals surface area contributed by atoms with E-state index in [1.165, 1.54) is 11.1 Å². The van der Waals surface area contributed by atoms with Crippen LogP contribution in [0.1, 0.15) is 76.8 Å². The van der Waals surface area contributed by atoms with E-state index in [-0.39, 0.29) is 29.6 Å². The maximum absolute atomic E-state index is 12.2. The van der Waals surface area contributed by atoms with Gasteiger partial charge in [0.1, 0.15) is 11.6 Å². The minimum absolute atomic E-state index is 0.0489. The number of fused-ring (bicyclic) bond motifs is 1. The van der Waals surface area contributed by atoms with Crippen LogP contribution in [0, 0.1) is 5.41 Å². The van der Waals surface area contributed by atoms with Gasteiger partial charge in [0.05, 0.1) is 12.0 Å². The number of amides is 2. The van der Waals surface area contributed by atoms with E-state index in [0.29, 0.717) is 25.7 Å². The fraction of sp³-hybridized carbons (Fsp3) is 0.640. The van der Waals surface area contributed by atoms with Crippen molar-refractivity contribution in [3.05, 3.63) is 29.3 Å². The smallest absolute Gasteiger partial charge is 0.309 e. The lowest BCUT2D eigenvalue weighted by atomic mass is 9.66. The van der Waals surface area contributed by atoms with Crippen LogP contribution in [0.4, 0.5) is 5.69 Å². The molecule has 0 bridgehead atoms. The van der Waals surface area contributed by atoms with Crippen molar-refractivity contribution < 1.29 is 24.2 Å². The predicted molar refractivity (Wildman–Crippen MR) is 120 cm³/mol. The highest BCUT2D eigenvalue weighted by Gasteiger charge is 2.46. The van der Waals surface area contributed by atoms with Crippen LogP contribution < -0.4 is 10.6 Å². The predicted octanol–water partition coefficient (Wildman–Crippen LogP) is 3.03. The summed E-state index contributed by atoms with van der Waals surface area (Å²) in [5.74, 6) is -0.822. The van der Waals surface area contributed by atoms with Crippen molar-refractivity contribution in [3.63, 3.8) is 0 Å². The standard InChI is InChI=1S/C25H34N2O5/c1-23(2,3)32-21(29)15-25(31)10-8-24(9-11-25)13-16-4-5-18(12-17(16)14-24)26-19-6-7-20(28)27-22(19)30/h4-5,12,19,26,31H,6-11,13-15H2,1-3H3,(H,27,28,30). The average Bonchev–Trinajstić information content (AvgIpc) is 3.03. The molecule has 3 N–H and O–H groups in total. The van der Waals surface area contributed by atoms with Crippen LogP contribution in [0.2, 0.25) is 0 Å². The largest absolute Gasteiger partial charge is 0.460 e. The zero-order valence-electron chi connectivity index (χ0n) is 19.3. The lowest BCUT2D eigenvalue weighted by molar-refractivity contribution is -0.162. The Bertz CT molecular complexity index is 925. The van der Waals surface area contributed by atoms with Crippen LogP contribution in [0.25, 0.3) is 0 Å². The van der Waals surface area contributed by atoms with Crippen LogP contribution >= 0.6 is 0 Å². The van der Waals surface area contributed by atoms with Crippen molar-refractivity contribution >= 4 is 23.5 Å². The molecule has 4 rings (SSSR count). The number of ether oxygens (including phenoxy) is 1. The lowest BCUT2D eigenvalue weighted by Crippen LogP contribution is -2.47. The van der Waals surface area contributed by atoms with E-state index >= 15 is 0 Å². The Labute approximate surface area is 189 Å². The molecule has 2 fully saturated rings. The molecule has 0 aromatic heterocycles. The summed E-state index contributed by atoms with van der Waals surface area (Å²) in [4.78, 5) is 35.6. The number of rotatable bonds is 4. The molecule has 1 spiro atoms. The molecule has 2 aliphatic carbocycles. The summed E-state index contributed by atoms with van der Waals surface area (Å²) < 4.78 is 5.41. The van der Waals surface area contributed by atoms with E-state index in [0.717, 1.165) is 31.4 Å². The number of hydrogen-bond donors (Lipinski definition) is 3. The van der Waals surface area contributed by atoms with Crippen molar-refractivity contribution in [2.24, 2.45) is 5.41 Å². The van der Waals surface area contributed by atoms with Gasteiger partial charge in [-0.15, -0.1) is 0 Å². The zero-order valence-corrected chi connectivity index (χ0v) is 19.3. The van der Waals surface area contributed by atoms with Gasteiger partial charge in [0.25, 0.3) is 0 Å². The van der Waals surface area contributed by atoms with Crippen molar-refractivity contribution in [2.45, 2.75) is 95.8 Å². The van der Waals surface area contributed by atoms with Crippen molar-refractivity contribution in [1.29, 1.82) is 0 Å². The monoisotopic (exact) mass is 442 g/mol. The molecule has 1 saturated carbocycles. The highest BCUT2D eigenvalue weighted by Crippen LogP contribution is 2.50.